The van der Waals surface area contributed by atoms with Crippen LogP contribution in [0.2, 0.25) is 0 Å². The Bertz CT molecular complexity index is 380. The number of hydrogen-bond acceptors (Lipinski definition) is 6. The van der Waals surface area contributed by atoms with Crippen molar-refractivity contribution < 1.29 is 19.6 Å². The third kappa shape index (κ3) is 2.33. The minimum atomic E-state index is -0.710. The second-order valence-electron chi connectivity index (χ2n) is 2.73. The van der Waals surface area contributed by atoms with Crippen LogP contribution < -0.4 is 10.6 Å². The highest BCUT2D eigenvalue weighted by atomic mass is 16.6. The van der Waals surface area contributed by atoms with Crippen LogP contribution in [-0.4, -0.2) is 17.1 Å². The molecule has 0 aliphatic rings. The van der Waals surface area contributed by atoms with Gasteiger partial charge in [0.15, 0.2) is 5.75 Å². The zero-order valence-corrected chi connectivity index (χ0v) is 7.97. The molecule has 0 aromatic heterocycles. The first-order valence-corrected chi connectivity index (χ1v) is 3.96. The number of nitro groups is 1. The number of nitrogens with two attached hydrogens (primary N) is 1. The lowest BCUT2D eigenvalue weighted by Crippen LogP contribution is -2.01. The van der Waals surface area contributed by atoms with Crippen LogP contribution in [0.25, 0.3) is 0 Å². The fourth-order valence-electron chi connectivity index (χ4n) is 1.12. The van der Waals surface area contributed by atoms with E-state index in [2.05, 4.69) is 4.84 Å². The highest BCUT2D eigenvalue weighted by Crippen LogP contribution is 2.36. The summed E-state index contributed by atoms with van der Waals surface area (Å²) < 4.78 is 4.77. The predicted molar refractivity (Wildman–Crippen MR) is 50.3 cm³/mol. The lowest BCUT2D eigenvalue weighted by atomic mass is 10.2. The third-order valence-electron chi connectivity index (χ3n) is 1.78. The lowest BCUT2D eigenvalue weighted by Gasteiger charge is -2.06. The SMILES string of the molecule is COc1cc(CON)cc([N+](=O)[O-])c1O. The Morgan fingerprint density at radius 3 is 2.73 bits per heavy atom. The molecule has 3 N–H and O–H groups in total. The summed E-state index contributed by atoms with van der Waals surface area (Å²) in [5, 5.41) is 20.0. The van der Waals surface area contributed by atoms with Crippen LogP contribution in [-0.2, 0) is 11.4 Å². The number of nitrogens with zero attached hydrogens (tertiary/aromatic N) is 1. The standard InChI is InChI=1S/C8H10N2O5/c1-14-7-3-5(4-15-9)2-6(8(7)11)10(12)13/h2-3,11H,4,9H2,1H3. The average Bonchev–Trinajstić information content (AvgIpc) is 2.20. The average molecular weight is 214 g/mol. The van der Waals surface area contributed by atoms with Gasteiger partial charge in [0.25, 0.3) is 0 Å². The molecule has 0 unspecified atom stereocenters. The first-order valence-electron chi connectivity index (χ1n) is 3.96. The quantitative estimate of drug-likeness (QED) is 0.564. The molecule has 7 heteroatoms. The van der Waals surface area contributed by atoms with Crippen LogP contribution in [0.4, 0.5) is 5.69 Å². The van der Waals surface area contributed by atoms with E-state index in [1.54, 1.807) is 0 Å². The van der Waals surface area contributed by atoms with E-state index in [-0.39, 0.29) is 12.4 Å². The van der Waals surface area contributed by atoms with E-state index in [0.717, 1.165) is 0 Å². The summed E-state index contributed by atoms with van der Waals surface area (Å²) in [4.78, 5) is 14.2. The molecule has 7 nitrogen and oxygen atoms in total. The van der Waals surface area contributed by atoms with Crippen molar-refractivity contribution in [1.29, 1.82) is 0 Å². The molecule has 0 amide bonds. The van der Waals surface area contributed by atoms with Crippen LogP contribution in [0, 0.1) is 10.1 Å². The van der Waals surface area contributed by atoms with Gasteiger partial charge in [0.1, 0.15) is 0 Å². The Balaban J connectivity index is 3.25. The number of hydrogen-bond donors (Lipinski definition) is 2. The van der Waals surface area contributed by atoms with Gasteiger partial charge < -0.3 is 9.84 Å². The number of aromatic hydroxyl groups is 1. The van der Waals surface area contributed by atoms with Gasteiger partial charge in [0.05, 0.1) is 18.6 Å². The van der Waals surface area contributed by atoms with E-state index in [4.69, 9.17) is 10.6 Å². The maximum atomic E-state index is 10.6. The van der Waals surface area contributed by atoms with Crippen molar-refractivity contribution in [2.45, 2.75) is 6.61 Å². The third-order valence-corrected chi connectivity index (χ3v) is 1.78. The Morgan fingerprint density at radius 2 is 2.27 bits per heavy atom. The van der Waals surface area contributed by atoms with E-state index in [9.17, 15) is 15.2 Å². The number of ether oxygens (including phenoxy) is 1. The highest BCUT2D eigenvalue weighted by Gasteiger charge is 2.19. The molecule has 1 rings (SSSR count). The molecule has 82 valence electrons. The molecule has 1 aromatic carbocycles. The molecule has 0 spiro atoms. The van der Waals surface area contributed by atoms with Crippen molar-refractivity contribution in [2.24, 2.45) is 5.90 Å². The summed E-state index contributed by atoms with van der Waals surface area (Å²) in [5.41, 5.74) is 0.000231. The molecule has 0 fully saturated rings. The van der Waals surface area contributed by atoms with Crippen molar-refractivity contribution in [3.05, 3.63) is 27.8 Å². The fourth-order valence-corrected chi connectivity index (χ4v) is 1.12. The molecular formula is C8H10N2O5. The molecule has 0 aliphatic carbocycles. The zero-order valence-electron chi connectivity index (χ0n) is 7.97. The molecule has 0 aliphatic heterocycles. The van der Waals surface area contributed by atoms with Crippen molar-refractivity contribution >= 4 is 5.69 Å². The minimum Gasteiger partial charge on any atom is -0.500 e. The Hall–Kier alpha value is -1.86. The number of rotatable bonds is 4. The number of benzene rings is 1. The van der Waals surface area contributed by atoms with Crippen LogP contribution >= 0.6 is 0 Å². The monoisotopic (exact) mass is 214 g/mol. The summed E-state index contributed by atoms with van der Waals surface area (Å²) in [6.45, 7) is -0.00250. The number of phenolic OH excluding ortho intramolecular Hbond substituents is 1. The van der Waals surface area contributed by atoms with Crippen LogP contribution in [0.3, 0.4) is 0 Å². The summed E-state index contributed by atoms with van der Waals surface area (Å²) >= 11 is 0. The van der Waals surface area contributed by atoms with Crippen LogP contribution in [0.1, 0.15) is 5.56 Å². The van der Waals surface area contributed by atoms with Gasteiger partial charge in [-0.2, -0.15) is 0 Å². The van der Waals surface area contributed by atoms with E-state index in [1.807, 2.05) is 0 Å². The Kier molecular flexibility index (Phi) is 3.42. The van der Waals surface area contributed by atoms with E-state index < -0.39 is 16.4 Å². The molecule has 0 bridgehead atoms. The van der Waals surface area contributed by atoms with Gasteiger partial charge in [0.2, 0.25) is 5.75 Å². The van der Waals surface area contributed by atoms with Crippen molar-refractivity contribution in [3.8, 4) is 11.5 Å². The summed E-state index contributed by atoms with van der Waals surface area (Å²) in [6.07, 6.45) is 0. The van der Waals surface area contributed by atoms with Gasteiger partial charge in [-0.3, -0.25) is 15.0 Å². The maximum Gasteiger partial charge on any atom is 0.315 e. The van der Waals surface area contributed by atoms with Gasteiger partial charge in [0, 0.05) is 6.07 Å². The van der Waals surface area contributed by atoms with Crippen LogP contribution in [0.15, 0.2) is 12.1 Å². The van der Waals surface area contributed by atoms with Crippen molar-refractivity contribution in [1.82, 2.24) is 0 Å². The van der Waals surface area contributed by atoms with Crippen molar-refractivity contribution in [2.75, 3.05) is 7.11 Å². The van der Waals surface area contributed by atoms with E-state index >= 15 is 0 Å². The molecule has 0 saturated carbocycles. The summed E-state index contributed by atoms with van der Waals surface area (Å²) in [6, 6.07) is 2.58. The van der Waals surface area contributed by atoms with Gasteiger partial charge in [-0.15, -0.1) is 0 Å². The molecule has 1 aromatic rings. The summed E-state index contributed by atoms with van der Waals surface area (Å²) in [5.74, 6) is 4.34. The van der Waals surface area contributed by atoms with Gasteiger partial charge in [-0.05, 0) is 11.6 Å². The minimum absolute atomic E-state index is 0.00250. The van der Waals surface area contributed by atoms with Gasteiger partial charge >= 0.3 is 5.69 Å². The highest BCUT2D eigenvalue weighted by molar-refractivity contribution is 5.56. The second-order valence-corrected chi connectivity index (χ2v) is 2.73. The molecule has 0 saturated heterocycles. The number of phenols is 1. The predicted octanol–water partition coefficient (Wildman–Crippen LogP) is 0.699. The smallest absolute Gasteiger partial charge is 0.315 e. The van der Waals surface area contributed by atoms with Gasteiger partial charge in [-0.1, -0.05) is 0 Å². The zero-order chi connectivity index (χ0) is 11.4. The Morgan fingerprint density at radius 1 is 1.60 bits per heavy atom. The van der Waals surface area contributed by atoms with Crippen LogP contribution in [0.5, 0.6) is 11.5 Å². The fraction of sp³-hybridized carbons (Fsp3) is 0.250. The molecular weight excluding hydrogens is 204 g/mol. The molecule has 0 radical (unpaired) electrons. The van der Waals surface area contributed by atoms with E-state index in [0.29, 0.717) is 5.56 Å². The normalized spacial score (nSPS) is 10.0. The van der Waals surface area contributed by atoms with Crippen molar-refractivity contribution in [3.63, 3.8) is 0 Å². The lowest BCUT2D eigenvalue weighted by molar-refractivity contribution is -0.386. The first kappa shape index (κ1) is 11.2. The molecule has 0 heterocycles. The molecule has 0 atom stereocenters. The maximum absolute atomic E-state index is 10.6. The molecule has 15 heavy (non-hydrogen) atoms. The largest absolute Gasteiger partial charge is 0.500 e. The van der Waals surface area contributed by atoms with E-state index in [1.165, 1.54) is 19.2 Å². The number of nitro benzene ring substituents is 1. The topological polar surface area (TPSA) is 108 Å². The second kappa shape index (κ2) is 4.58. The van der Waals surface area contributed by atoms with Gasteiger partial charge in [-0.25, -0.2) is 5.90 Å². The number of methoxy groups -OCH3 is 1. The summed E-state index contributed by atoms with van der Waals surface area (Å²) in [7, 11) is 1.30. The Labute approximate surface area is 85.1 Å². The first-order chi connectivity index (χ1) is 7.10.